The molecule has 0 aliphatic rings. The first-order valence-electron chi connectivity index (χ1n) is 7.28. The van der Waals surface area contributed by atoms with Crippen molar-refractivity contribution in [2.45, 2.75) is 13.3 Å². The largest absolute Gasteiger partial charge is 0.463 e. The van der Waals surface area contributed by atoms with Gasteiger partial charge in [0, 0.05) is 5.56 Å². The van der Waals surface area contributed by atoms with Crippen molar-refractivity contribution < 1.29 is 9.21 Å². The fourth-order valence-corrected chi connectivity index (χ4v) is 2.08. The van der Waals surface area contributed by atoms with Gasteiger partial charge in [-0.3, -0.25) is 9.89 Å². The van der Waals surface area contributed by atoms with Crippen molar-refractivity contribution in [3.63, 3.8) is 0 Å². The van der Waals surface area contributed by atoms with E-state index in [1.54, 1.807) is 18.2 Å². The van der Waals surface area contributed by atoms with Gasteiger partial charge in [-0.1, -0.05) is 31.2 Å². The Bertz CT molecular complexity index is 802. The van der Waals surface area contributed by atoms with Crippen molar-refractivity contribution in [1.29, 1.82) is 0 Å². The Balaban J connectivity index is 1.67. The van der Waals surface area contributed by atoms with Crippen molar-refractivity contribution in [3.8, 4) is 11.3 Å². The second-order valence-corrected chi connectivity index (χ2v) is 4.93. The Labute approximate surface area is 133 Å². The number of nitrogens with zero attached hydrogens (tertiary/aromatic N) is 2. The number of nitrogens with one attached hydrogen (secondary N) is 2. The van der Waals surface area contributed by atoms with E-state index in [0.29, 0.717) is 17.1 Å². The Morgan fingerprint density at radius 3 is 2.87 bits per heavy atom. The summed E-state index contributed by atoms with van der Waals surface area (Å²) in [7, 11) is 0. The molecule has 0 saturated heterocycles. The summed E-state index contributed by atoms with van der Waals surface area (Å²) < 4.78 is 5.08. The van der Waals surface area contributed by atoms with Gasteiger partial charge in [0.25, 0.3) is 5.91 Å². The summed E-state index contributed by atoms with van der Waals surface area (Å²) in [6.07, 6.45) is 3.95. The predicted octanol–water partition coefficient (Wildman–Crippen LogP) is 3.00. The van der Waals surface area contributed by atoms with E-state index in [2.05, 4.69) is 39.8 Å². The molecule has 3 aromatic rings. The van der Waals surface area contributed by atoms with Gasteiger partial charge in [0.05, 0.1) is 18.2 Å². The van der Waals surface area contributed by atoms with Gasteiger partial charge in [-0.15, -0.1) is 0 Å². The number of aromatic amines is 1. The smallest absolute Gasteiger partial charge is 0.289 e. The molecule has 6 nitrogen and oxygen atoms in total. The molecule has 3 rings (SSSR count). The van der Waals surface area contributed by atoms with Crippen LogP contribution in [0.3, 0.4) is 0 Å². The van der Waals surface area contributed by atoms with Gasteiger partial charge < -0.3 is 4.42 Å². The van der Waals surface area contributed by atoms with Crippen molar-refractivity contribution in [3.05, 3.63) is 65.7 Å². The van der Waals surface area contributed by atoms with Crippen LogP contribution in [0, 0.1) is 0 Å². The average Bonchev–Trinajstić information content (AvgIpc) is 3.26. The molecule has 0 saturated carbocycles. The number of H-pyrrole nitrogens is 1. The van der Waals surface area contributed by atoms with E-state index in [-0.39, 0.29) is 5.91 Å². The number of rotatable bonds is 5. The number of amides is 1. The third-order valence-corrected chi connectivity index (χ3v) is 3.38. The summed E-state index contributed by atoms with van der Waals surface area (Å²) in [6, 6.07) is 13.3. The van der Waals surface area contributed by atoms with Gasteiger partial charge in [0.2, 0.25) is 0 Å². The standard InChI is InChI=1S/C17H16N4O2/c1-2-12-5-7-13(8-6-12)15-10-16(20-19-15)17(22)21-18-11-14-4-3-9-23-14/h3-11H,2H2,1H3,(H,19,20)(H,21,22)/b18-11-. The van der Waals surface area contributed by atoms with Crippen LogP contribution in [0.1, 0.15) is 28.7 Å². The highest BCUT2D eigenvalue weighted by Crippen LogP contribution is 2.18. The maximum atomic E-state index is 12.0. The second kappa shape index (κ2) is 6.74. The van der Waals surface area contributed by atoms with Crippen LogP contribution in [0.2, 0.25) is 0 Å². The van der Waals surface area contributed by atoms with Crippen molar-refractivity contribution in [1.82, 2.24) is 15.6 Å². The fraction of sp³-hybridized carbons (Fsp3) is 0.118. The number of benzene rings is 1. The van der Waals surface area contributed by atoms with E-state index in [1.165, 1.54) is 18.0 Å². The van der Waals surface area contributed by atoms with E-state index in [9.17, 15) is 4.79 Å². The number of hydrogen-bond acceptors (Lipinski definition) is 4. The van der Waals surface area contributed by atoms with Gasteiger partial charge in [-0.2, -0.15) is 10.2 Å². The number of aromatic nitrogens is 2. The molecule has 6 heteroatoms. The molecule has 0 atom stereocenters. The molecule has 2 aromatic heterocycles. The molecule has 2 N–H and O–H groups in total. The lowest BCUT2D eigenvalue weighted by Crippen LogP contribution is -2.17. The number of hydrazone groups is 1. The summed E-state index contributed by atoms with van der Waals surface area (Å²) in [6.45, 7) is 2.11. The second-order valence-electron chi connectivity index (χ2n) is 4.93. The Kier molecular flexibility index (Phi) is 4.33. The SMILES string of the molecule is CCc1ccc(-c2cc(C(=O)N/N=C\c3ccco3)[nH]n2)cc1. The number of carbonyl (C=O) groups is 1. The quantitative estimate of drug-likeness (QED) is 0.561. The molecule has 0 radical (unpaired) electrons. The third kappa shape index (κ3) is 3.55. The van der Waals surface area contributed by atoms with Gasteiger partial charge in [-0.25, -0.2) is 5.43 Å². The number of furan rings is 1. The zero-order chi connectivity index (χ0) is 16.1. The zero-order valence-electron chi connectivity index (χ0n) is 12.6. The lowest BCUT2D eigenvalue weighted by atomic mass is 10.1. The molecule has 0 bridgehead atoms. The summed E-state index contributed by atoms with van der Waals surface area (Å²) in [4.78, 5) is 12.0. The fourth-order valence-electron chi connectivity index (χ4n) is 2.08. The molecule has 0 aliphatic carbocycles. The molecule has 116 valence electrons. The highest BCUT2D eigenvalue weighted by Gasteiger charge is 2.10. The summed E-state index contributed by atoms with van der Waals surface area (Å²) in [5.41, 5.74) is 5.69. The van der Waals surface area contributed by atoms with Crippen molar-refractivity contribution >= 4 is 12.1 Å². The minimum Gasteiger partial charge on any atom is -0.463 e. The molecule has 1 aromatic carbocycles. The lowest BCUT2D eigenvalue weighted by Gasteiger charge is -1.98. The van der Waals surface area contributed by atoms with Crippen LogP contribution < -0.4 is 5.43 Å². The van der Waals surface area contributed by atoms with Crippen LogP contribution in [-0.4, -0.2) is 22.3 Å². The monoisotopic (exact) mass is 308 g/mol. The van der Waals surface area contributed by atoms with E-state index in [0.717, 1.165) is 12.0 Å². The molecule has 0 spiro atoms. The minimum absolute atomic E-state index is 0.344. The van der Waals surface area contributed by atoms with Crippen LogP contribution >= 0.6 is 0 Å². The number of carbonyl (C=O) groups excluding carboxylic acids is 1. The Morgan fingerprint density at radius 1 is 1.35 bits per heavy atom. The number of aryl methyl sites for hydroxylation is 1. The van der Waals surface area contributed by atoms with Crippen LogP contribution in [0.25, 0.3) is 11.3 Å². The number of hydrogen-bond donors (Lipinski definition) is 2. The summed E-state index contributed by atoms with van der Waals surface area (Å²) in [5.74, 6) is 0.198. The maximum Gasteiger partial charge on any atom is 0.289 e. The van der Waals surface area contributed by atoms with E-state index in [1.807, 2.05) is 12.1 Å². The molecule has 23 heavy (non-hydrogen) atoms. The summed E-state index contributed by atoms with van der Waals surface area (Å²) >= 11 is 0. The van der Waals surface area contributed by atoms with Gasteiger partial charge in [-0.05, 0) is 30.2 Å². The molecule has 2 heterocycles. The molecule has 0 fully saturated rings. The third-order valence-electron chi connectivity index (χ3n) is 3.38. The van der Waals surface area contributed by atoms with E-state index >= 15 is 0 Å². The lowest BCUT2D eigenvalue weighted by molar-refractivity contribution is 0.0950. The van der Waals surface area contributed by atoms with Crippen LogP contribution in [0.15, 0.2) is 58.2 Å². The van der Waals surface area contributed by atoms with Crippen LogP contribution in [0.4, 0.5) is 0 Å². The van der Waals surface area contributed by atoms with Crippen molar-refractivity contribution in [2.24, 2.45) is 5.10 Å². The van der Waals surface area contributed by atoms with Gasteiger partial charge >= 0.3 is 0 Å². The first-order valence-corrected chi connectivity index (χ1v) is 7.28. The topological polar surface area (TPSA) is 83.3 Å². The summed E-state index contributed by atoms with van der Waals surface area (Å²) in [5, 5.41) is 10.7. The van der Waals surface area contributed by atoms with Gasteiger partial charge in [0.1, 0.15) is 11.5 Å². The highest BCUT2D eigenvalue weighted by atomic mass is 16.3. The molecular formula is C17H16N4O2. The first-order chi connectivity index (χ1) is 11.3. The normalized spacial score (nSPS) is 11.0. The maximum absolute atomic E-state index is 12.0. The average molecular weight is 308 g/mol. The molecule has 1 amide bonds. The minimum atomic E-state index is -0.364. The van der Waals surface area contributed by atoms with E-state index < -0.39 is 0 Å². The zero-order valence-corrected chi connectivity index (χ0v) is 12.6. The molecular weight excluding hydrogens is 292 g/mol. The Morgan fingerprint density at radius 2 is 2.17 bits per heavy atom. The molecule has 0 aliphatic heterocycles. The van der Waals surface area contributed by atoms with E-state index in [4.69, 9.17) is 4.42 Å². The van der Waals surface area contributed by atoms with Crippen LogP contribution in [0.5, 0.6) is 0 Å². The predicted molar refractivity (Wildman–Crippen MR) is 87.2 cm³/mol. The highest BCUT2D eigenvalue weighted by molar-refractivity contribution is 5.93. The van der Waals surface area contributed by atoms with Crippen LogP contribution in [-0.2, 0) is 6.42 Å². The molecule has 0 unspecified atom stereocenters. The van der Waals surface area contributed by atoms with Gasteiger partial charge in [0.15, 0.2) is 0 Å². The Hall–Kier alpha value is -3.15. The van der Waals surface area contributed by atoms with Crippen molar-refractivity contribution in [2.75, 3.05) is 0 Å². The first kappa shape index (κ1) is 14.8.